The normalized spacial score (nSPS) is 12.5. The van der Waals surface area contributed by atoms with Crippen LogP contribution < -0.4 is 16.8 Å². The highest BCUT2D eigenvalue weighted by atomic mass is 19.4. The Morgan fingerprint density at radius 3 is 2.31 bits per heavy atom. The van der Waals surface area contributed by atoms with Crippen LogP contribution in [0.1, 0.15) is 16.7 Å². The molecule has 0 fully saturated rings. The highest BCUT2D eigenvalue weighted by Gasteiger charge is 2.39. The maximum atomic E-state index is 14.8. The van der Waals surface area contributed by atoms with Crippen molar-refractivity contribution in [2.45, 2.75) is 19.5 Å². The molecule has 5 nitrogen and oxygen atoms in total. The van der Waals surface area contributed by atoms with Crippen LogP contribution in [-0.4, -0.2) is 16.9 Å². The van der Waals surface area contributed by atoms with Gasteiger partial charge in [-0.2, -0.15) is 13.2 Å². The highest BCUT2D eigenvalue weighted by Crippen LogP contribution is 2.30. The van der Waals surface area contributed by atoms with Gasteiger partial charge in [0.05, 0.1) is 5.69 Å². The Hall–Kier alpha value is -4.21. The molecule has 0 saturated heterocycles. The summed E-state index contributed by atoms with van der Waals surface area (Å²) in [6.45, 7) is 5.25. The molecule has 3 aromatic rings. The first-order valence-corrected chi connectivity index (χ1v) is 10.3. The summed E-state index contributed by atoms with van der Waals surface area (Å²) < 4.78 is 70.9. The second kappa shape index (κ2) is 10.4. The molecule has 10 heteroatoms. The quantitative estimate of drug-likeness (QED) is 0.218. The number of aromatic nitrogens is 1. The molecule has 3 rings (SSSR count). The molecule has 0 saturated carbocycles. The zero-order chi connectivity index (χ0) is 25.8. The molecule has 182 valence electrons. The third kappa shape index (κ3) is 6.03. The van der Waals surface area contributed by atoms with Gasteiger partial charge in [-0.1, -0.05) is 24.8 Å². The summed E-state index contributed by atoms with van der Waals surface area (Å²) in [6, 6.07) is 11.0. The number of nitrogens with zero attached hydrogens (tertiary/aromatic N) is 2. The number of hydrogen-bond donors (Lipinski definition) is 3. The number of nitrogens with two attached hydrogens (primary N) is 2. The Bertz CT molecular complexity index is 1270. The summed E-state index contributed by atoms with van der Waals surface area (Å²) in [7, 11) is 0. The minimum Gasteiger partial charge on any atom is -0.404 e. The molecule has 0 atom stereocenters. The molecule has 35 heavy (non-hydrogen) atoms. The zero-order valence-corrected chi connectivity index (χ0v) is 18.6. The molecule has 0 spiro atoms. The van der Waals surface area contributed by atoms with Crippen molar-refractivity contribution in [3.05, 3.63) is 107 Å². The predicted molar refractivity (Wildman–Crippen MR) is 127 cm³/mol. The van der Waals surface area contributed by atoms with Gasteiger partial charge in [0, 0.05) is 41.3 Å². The molecule has 0 bridgehead atoms. The first kappa shape index (κ1) is 25.4. The van der Waals surface area contributed by atoms with E-state index in [9.17, 15) is 22.0 Å². The fourth-order valence-corrected chi connectivity index (χ4v) is 3.29. The van der Waals surface area contributed by atoms with E-state index in [0.717, 1.165) is 12.1 Å². The van der Waals surface area contributed by atoms with Gasteiger partial charge in [-0.15, -0.1) is 0 Å². The third-order valence-electron chi connectivity index (χ3n) is 5.17. The van der Waals surface area contributed by atoms with Crippen molar-refractivity contribution < 1.29 is 22.0 Å². The van der Waals surface area contributed by atoms with E-state index in [2.05, 4.69) is 21.9 Å². The summed E-state index contributed by atoms with van der Waals surface area (Å²) >= 11 is 0. The Labute approximate surface area is 198 Å². The number of alkyl halides is 3. The van der Waals surface area contributed by atoms with E-state index in [1.807, 2.05) is 0 Å². The number of nitrogens with one attached hydrogen (secondary N) is 1. The van der Waals surface area contributed by atoms with Crippen molar-refractivity contribution in [1.82, 2.24) is 4.98 Å². The van der Waals surface area contributed by atoms with E-state index in [-0.39, 0.29) is 34.9 Å². The SMILES string of the molecule is C=C(Nc1cc(F)c(Cc2ccnc(N)c2C)c(F)c1)/C(=C/N)C(=Nc1ccccc1)C(F)(F)F. The van der Waals surface area contributed by atoms with Crippen LogP contribution in [0.4, 0.5) is 39.1 Å². The van der Waals surface area contributed by atoms with Gasteiger partial charge in [-0.05, 0) is 48.4 Å². The molecule has 0 amide bonds. The molecular weight excluding hydrogens is 465 g/mol. The van der Waals surface area contributed by atoms with Gasteiger partial charge in [0.15, 0.2) is 5.71 Å². The molecule has 0 aliphatic carbocycles. The molecule has 1 aromatic heterocycles. The summed E-state index contributed by atoms with van der Waals surface area (Å²) in [5.41, 5.74) is 9.82. The number of allylic oxidation sites excluding steroid dienone is 1. The average Bonchev–Trinajstić information content (AvgIpc) is 2.79. The summed E-state index contributed by atoms with van der Waals surface area (Å²) in [5, 5.41) is 2.49. The Balaban J connectivity index is 1.89. The van der Waals surface area contributed by atoms with Crippen LogP contribution in [0.25, 0.3) is 0 Å². The van der Waals surface area contributed by atoms with Gasteiger partial charge < -0.3 is 16.8 Å². The Kier molecular flexibility index (Phi) is 7.53. The number of aliphatic imine (C=N–C) groups is 1. The lowest BCUT2D eigenvalue weighted by atomic mass is 10.00. The number of halogens is 5. The lowest BCUT2D eigenvalue weighted by Gasteiger charge is -2.18. The van der Waals surface area contributed by atoms with Crippen molar-refractivity contribution in [2.24, 2.45) is 10.7 Å². The summed E-state index contributed by atoms with van der Waals surface area (Å²) in [6.07, 6.45) is -2.85. The van der Waals surface area contributed by atoms with Crippen LogP contribution in [0.5, 0.6) is 0 Å². The predicted octanol–water partition coefficient (Wildman–Crippen LogP) is 5.94. The maximum Gasteiger partial charge on any atom is 0.434 e. The van der Waals surface area contributed by atoms with Gasteiger partial charge in [-0.25, -0.2) is 18.8 Å². The summed E-state index contributed by atoms with van der Waals surface area (Å²) in [5.74, 6) is -1.55. The minimum absolute atomic E-state index is 0.0421. The van der Waals surface area contributed by atoms with Crippen LogP contribution in [0.3, 0.4) is 0 Å². The van der Waals surface area contributed by atoms with E-state index in [0.29, 0.717) is 17.3 Å². The Morgan fingerprint density at radius 1 is 1.11 bits per heavy atom. The number of rotatable bonds is 7. The smallest absolute Gasteiger partial charge is 0.404 e. The first-order chi connectivity index (χ1) is 16.5. The van der Waals surface area contributed by atoms with Gasteiger partial charge in [0.1, 0.15) is 17.5 Å². The van der Waals surface area contributed by atoms with E-state index in [1.165, 1.54) is 30.5 Å². The number of pyridine rings is 1. The second-order valence-corrected chi connectivity index (χ2v) is 7.55. The second-order valence-electron chi connectivity index (χ2n) is 7.55. The molecule has 0 unspecified atom stereocenters. The molecule has 5 N–H and O–H groups in total. The van der Waals surface area contributed by atoms with Gasteiger partial charge >= 0.3 is 6.18 Å². The van der Waals surface area contributed by atoms with Gasteiger partial charge in [-0.3, -0.25) is 0 Å². The molecule has 0 radical (unpaired) electrons. The molecule has 0 aliphatic rings. The fourth-order valence-electron chi connectivity index (χ4n) is 3.29. The van der Waals surface area contributed by atoms with Crippen molar-refractivity contribution in [2.75, 3.05) is 11.1 Å². The van der Waals surface area contributed by atoms with E-state index in [4.69, 9.17) is 11.5 Å². The fraction of sp³-hybridized carbons (Fsp3) is 0.120. The van der Waals surface area contributed by atoms with Crippen LogP contribution >= 0.6 is 0 Å². The van der Waals surface area contributed by atoms with E-state index >= 15 is 0 Å². The monoisotopic (exact) mass is 487 g/mol. The number of hydrogen-bond acceptors (Lipinski definition) is 5. The van der Waals surface area contributed by atoms with Crippen LogP contribution in [0.2, 0.25) is 0 Å². The van der Waals surface area contributed by atoms with Crippen LogP contribution in [0.15, 0.2) is 83.8 Å². The van der Waals surface area contributed by atoms with Crippen LogP contribution in [-0.2, 0) is 6.42 Å². The highest BCUT2D eigenvalue weighted by molar-refractivity contribution is 6.09. The lowest BCUT2D eigenvalue weighted by Crippen LogP contribution is -2.27. The van der Waals surface area contributed by atoms with Gasteiger partial charge in [0.2, 0.25) is 0 Å². The van der Waals surface area contributed by atoms with Crippen molar-refractivity contribution in [3.63, 3.8) is 0 Å². The van der Waals surface area contributed by atoms with Crippen molar-refractivity contribution in [3.8, 4) is 0 Å². The minimum atomic E-state index is -4.88. The van der Waals surface area contributed by atoms with Crippen molar-refractivity contribution >= 4 is 22.9 Å². The van der Waals surface area contributed by atoms with E-state index < -0.39 is 29.1 Å². The first-order valence-electron chi connectivity index (χ1n) is 10.3. The number of benzene rings is 2. The standard InChI is InChI=1S/C25H22F5N5/c1-14-16(8-9-33-24(14)32)10-19-21(26)11-18(12-22(19)27)34-15(2)20(13-31)23(25(28,29)30)35-17-6-4-3-5-7-17/h3-9,11-13,34H,2,10,31H2,1H3,(H2,32,33)/b20-13-,35-23?. The lowest BCUT2D eigenvalue weighted by molar-refractivity contribution is -0.0581. The number of anilines is 2. The van der Waals surface area contributed by atoms with E-state index in [1.54, 1.807) is 19.1 Å². The van der Waals surface area contributed by atoms with Gasteiger partial charge in [0.25, 0.3) is 0 Å². The molecule has 1 heterocycles. The van der Waals surface area contributed by atoms with Crippen molar-refractivity contribution in [1.29, 1.82) is 0 Å². The molecule has 2 aromatic carbocycles. The number of nitrogen functional groups attached to an aromatic ring is 1. The zero-order valence-electron chi connectivity index (χ0n) is 18.6. The maximum absolute atomic E-state index is 14.8. The molecular formula is C25H22F5N5. The number of para-hydroxylation sites is 1. The van der Waals surface area contributed by atoms with Crippen LogP contribution in [0, 0.1) is 18.6 Å². The summed E-state index contributed by atoms with van der Waals surface area (Å²) in [4.78, 5) is 7.57. The largest absolute Gasteiger partial charge is 0.434 e. The molecule has 0 aliphatic heterocycles. The Morgan fingerprint density at radius 2 is 1.74 bits per heavy atom. The topological polar surface area (TPSA) is 89.3 Å². The average molecular weight is 487 g/mol. The third-order valence-corrected chi connectivity index (χ3v) is 5.17.